The standard InChI is InChI=1S/C13H22N2S/c1-12-7-6-9-15-13(12)11-14-8-4-3-5-10-16-2/h6-7,9,14H,3-5,8,10-11H2,1-2H3. The fourth-order valence-electron chi connectivity index (χ4n) is 1.58. The molecule has 0 bridgehead atoms. The van der Waals surface area contributed by atoms with Crippen LogP contribution in [0, 0.1) is 6.92 Å². The first-order valence-corrected chi connectivity index (χ1v) is 7.34. The molecule has 0 saturated heterocycles. The molecule has 16 heavy (non-hydrogen) atoms. The molecule has 0 unspecified atom stereocenters. The van der Waals surface area contributed by atoms with Crippen LogP contribution in [0.1, 0.15) is 30.5 Å². The van der Waals surface area contributed by atoms with Crippen LogP contribution < -0.4 is 5.32 Å². The van der Waals surface area contributed by atoms with Crippen LogP contribution in [0.4, 0.5) is 0 Å². The van der Waals surface area contributed by atoms with Gasteiger partial charge in [0, 0.05) is 12.7 Å². The molecule has 0 atom stereocenters. The van der Waals surface area contributed by atoms with E-state index in [0.717, 1.165) is 13.1 Å². The van der Waals surface area contributed by atoms with Gasteiger partial charge in [0.15, 0.2) is 0 Å². The van der Waals surface area contributed by atoms with Crippen LogP contribution in [0.3, 0.4) is 0 Å². The molecule has 1 aromatic rings. The average molecular weight is 238 g/mol. The second-order valence-electron chi connectivity index (χ2n) is 4.00. The fourth-order valence-corrected chi connectivity index (χ4v) is 2.08. The summed E-state index contributed by atoms with van der Waals surface area (Å²) >= 11 is 1.93. The van der Waals surface area contributed by atoms with Gasteiger partial charge in [0.25, 0.3) is 0 Å². The molecule has 1 heterocycles. The van der Waals surface area contributed by atoms with Crippen molar-refractivity contribution >= 4 is 11.8 Å². The molecule has 0 aromatic carbocycles. The van der Waals surface area contributed by atoms with Gasteiger partial charge in [-0.3, -0.25) is 4.98 Å². The number of hydrogen-bond acceptors (Lipinski definition) is 3. The quantitative estimate of drug-likeness (QED) is 0.705. The lowest BCUT2D eigenvalue weighted by atomic mass is 10.2. The fraction of sp³-hybridized carbons (Fsp3) is 0.615. The average Bonchev–Trinajstić information content (AvgIpc) is 2.30. The van der Waals surface area contributed by atoms with Gasteiger partial charge < -0.3 is 5.32 Å². The molecule has 90 valence electrons. The van der Waals surface area contributed by atoms with E-state index < -0.39 is 0 Å². The van der Waals surface area contributed by atoms with Crippen LogP contribution in [0.15, 0.2) is 18.3 Å². The van der Waals surface area contributed by atoms with Crippen molar-refractivity contribution in [1.29, 1.82) is 0 Å². The van der Waals surface area contributed by atoms with E-state index in [0.29, 0.717) is 0 Å². The number of nitrogens with one attached hydrogen (secondary N) is 1. The summed E-state index contributed by atoms with van der Waals surface area (Å²) in [6.07, 6.45) is 7.97. The lowest BCUT2D eigenvalue weighted by molar-refractivity contribution is 0.611. The van der Waals surface area contributed by atoms with Gasteiger partial charge in [-0.15, -0.1) is 0 Å². The van der Waals surface area contributed by atoms with Gasteiger partial charge >= 0.3 is 0 Å². The second kappa shape index (κ2) is 8.59. The highest BCUT2D eigenvalue weighted by atomic mass is 32.2. The molecule has 0 spiro atoms. The predicted octanol–water partition coefficient (Wildman–Crippen LogP) is 3.01. The molecule has 0 aliphatic heterocycles. The van der Waals surface area contributed by atoms with Gasteiger partial charge in [0.1, 0.15) is 0 Å². The third-order valence-corrected chi connectivity index (χ3v) is 3.31. The number of aromatic nitrogens is 1. The first kappa shape index (κ1) is 13.5. The number of nitrogens with zero attached hydrogens (tertiary/aromatic N) is 1. The maximum atomic E-state index is 4.36. The zero-order valence-corrected chi connectivity index (χ0v) is 11.1. The molecular weight excluding hydrogens is 216 g/mol. The van der Waals surface area contributed by atoms with Crippen molar-refractivity contribution in [3.8, 4) is 0 Å². The zero-order chi connectivity index (χ0) is 11.6. The second-order valence-corrected chi connectivity index (χ2v) is 4.98. The molecule has 1 aromatic heterocycles. The SMILES string of the molecule is CSCCCCCNCc1ncccc1C. The Morgan fingerprint density at radius 3 is 2.94 bits per heavy atom. The van der Waals surface area contributed by atoms with Crippen LogP contribution >= 0.6 is 11.8 Å². The van der Waals surface area contributed by atoms with Crippen LogP contribution in [0.25, 0.3) is 0 Å². The van der Waals surface area contributed by atoms with E-state index in [1.54, 1.807) is 0 Å². The topological polar surface area (TPSA) is 24.9 Å². The van der Waals surface area contributed by atoms with E-state index in [9.17, 15) is 0 Å². The van der Waals surface area contributed by atoms with Crippen molar-refractivity contribution in [3.05, 3.63) is 29.6 Å². The molecule has 0 aliphatic rings. The lowest BCUT2D eigenvalue weighted by Gasteiger charge is -2.06. The molecule has 3 heteroatoms. The highest BCUT2D eigenvalue weighted by Crippen LogP contribution is 2.03. The van der Waals surface area contributed by atoms with Crippen molar-refractivity contribution in [2.24, 2.45) is 0 Å². The van der Waals surface area contributed by atoms with E-state index >= 15 is 0 Å². The Bertz CT molecular complexity index is 289. The summed E-state index contributed by atoms with van der Waals surface area (Å²) in [4.78, 5) is 4.36. The predicted molar refractivity (Wildman–Crippen MR) is 72.9 cm³/mol. The smallest absolute Gasteiger partial charge is 0.0570 e. The van der Waals surface area contributed by atoms with Gasteiger partial charge in [-0.1, -0.05) is 12.5 Å². The Kier molecular flexibility index (Phi) is 7.26. The third-order valence-electron chi connectivity index (χ3n) is 2.61. The number of aryl methyl sites for hydroxylation is 1. The lowest BCUT2D eigenvalue weighted by Crippen LogP contribution is -2.16. The molecule has 0 amide bonds. The summed E-state index contributed by atoms with van der Waals surface area (Å²) in [7, 11) is 0. The van der Waals surface area contributed by atoms with Crippen LogP contribution in [-0.4, -0.2) is 23.5 Å². The summed E-state index contributed by atoms with van der Waals surface area (Å²) in [5, 5.41) is 3.45. The minimum atomic E-state index is 0.898. The number of unbranched alkanes of at least 4 members (excludes halogenated alkanes) is 2. The highest BCUT2D eigenvalue weighted by molar-refractivity contribution is 7.98. The van der Waals surface area contributed by atoms with Gasteiger partial charge in [-0.05, 0) is 49.9 Å². The Balaban J connectivity index is 2.05. The Hall–Kier alpha value is -0.540. The summed E-state index contributed by atoms with van der Waals surface area (Å²) in [6.45, 7) is 4.11. The van der Waals surface area contributed by atoms with Crippen molar-refractivity contribution in [1.82, 2.24) is 10.3 Å². The monoisotopic (exact) mass is 238 g/mol. The van der Waals surface area contributed by atoms with E-state index in [-0.39, 0.29) is 0 Å². The Morgan fingerprint density at radius 2 is 2.19 bits per heavy atom. The van der Waals surface area contributed by atoms with Crippen LogP contribution in [-0.2, 0) is 6.54 Å². The van der Waals surface area contributed by atoms with E-state index in [1.165, 1.54) is 36.3 Å². The number of pyridine rings is 1. The molecule has 0 fully saturated rings. The zero-order valence-electron chi connectivity index (χ0n) is 10.3. The van der Waals surface area contributed by atoms with Crippen molar-refractivity contribution in [2.45, 2.75) is 32.7 Å². The molecule has 0 radical (unpaired) electrons. The Morgan fingerprint density at radius 1 is 1.31 bits per heavy atom. The minimum Gasteiger partial charge on any atom is -0.311 e. The maximum Gasteiger partial charge on any atom is 0.0570 e. The van der Waals surface area contributed by atoms with E-state index in [2.05, 4.69) is 29.5 Å². The summed E-state index contributed by atoms with van der Waals surface area (Å²) in [5.41, 5.74) is 2.45. The summed E-state index contributed by atoms with van der Waals surface area (Å²) in [6, 6.07) is 4.10. The first-order valence-electron chi connectivity index (χ1n) is 5.94. The summed E-state index contributed by atoms with van der Waals surface area (Å²) < 4.78 is 0. The van der Waals surface area contributed by atoms with Gasteiger partial charge in [-0.25, -0.2) is 0 Å². The van der Waals surface area contributed by atoms with Crippen molar-refractivity contribution in [3.63, 3.8) is 0 Å². The largest absolute Gasteiger partial charge is 0.311 e. The summed E-state index contributed by atoms with van der Waals surface area (Å²) in [5.74, 6) is 1.29. The maximum absolute atomic E-state index is 4.36. The Labute approximate surface area is 103 Å². The molecule has 1 N–H and O–H groups in total. The van der Waals surface area contributed by atoms with Crippen molar-refractivity contribution in [2.75, 3.05) is 18.6 Å². The molecule has 1 rings (SSSR count). The van der Waals surface area contributed by atoms with Crippen LogP contribution in [0.5, 0.6) is 0 Å². The minimum absolute atomic E-state index is 0.898. The van der Waals surface area contributed by atoms with Crippen molar-refractivity contribution < 1.29 is 0 Å². The number of rotatable bonds is 8. The number of hydrogen-bond donors (Lipinski definition) is 1. The normalized spacial score (nSPS) is 10.6. The third kappa shape index (κ3) is 5.52. The molecule has 0 saturated carbocycles. The molecular formula is C13H22N2S. The highest BCUT2D eigenvalue weighted by Gasteiger charge is 1.97. The van der Waals surface area contributed by atoms with E-state index in [4.69, 9.17) is 0 Å². The van der Waals surface area contributed by atoms with E-state index in [1.807, 2.05) is 24.0 Å². The molecule has 0 aliphatic carbocycles. The van der Waals surface area contributed by atoms with Gasteiger partial charge in [-0.2, -0.15) is 11.8 Å². The first-order chi connectivity index (χ1) is 7.84. The van der Waals surface area contributed by atoms with Gasteiger partial charge in [0.2, 0.25) is 0 Å². The molecule has 2 nitrogen and oxygen atoms in total. The number of thioether (sulfide) groups is 1. The van der Waals surface area contributed by atoms with Crippen LogP contribution in [0.2, 0.25) is 0 Å². The van der Waals surface area contributed by atoms with Gasteiger partial charge in [0.05, 0.1) is 5.69 Å².